The first-order valence-corrected chi connectivity index (χ1v) is 6.65. The maximum Gasteiger partial charge on any atom is 0.141 e. The molecule has 94 valence electrons. The molecule has 0 fully saturated rings. The standard InChI is InChI=1S/C15H16BrNO/c1-10-5-3-4-6-14(10)18-15-8-7-12(11(2)17)9-13(15)16/h3-9,11H,17H2,1-2H3/t11-/m1/s1. The van der Waals surface area contributed by atoms with Crippen LogP contribution >= 0.6 is 15.9 Å². The summed E-state index contributed by atoms with van der Waals surface area (Å²) in [6, 6.07) is 13.9. The highest BCUT2D eigenvalue weighted by Gasteiger charge is 2.07. The van der Waals surface area contributed by atoms with Gasteiger partial charge in [-0.3, -0.25) is 0 Å². The van der Waals surface area contributed by atoms with Crippen LogP contribution in [-0.2, 0) is 0 Å². The van der Waals surface area contributed by atoms with Crippen LogP contribution in [0.15, 0.2) is 46.9 Å². The van der Waals surface area contributed by atoms with Crippen molar-refractivity contribution in [3.8, 4) is 11.5 Å². The summed E-state index contributed by atoms with van der Waals surface area (Å²) in [4.78, 5) is 0. The minimum Gasteiger partial charge on any atom is -0.456 e. The number of para-hydroxylation sites is 1. The molecule has 0 aliphatic rings. The molecule has 2 aromatic rings. The highest BCUT2D eigenvalue weighted by Crippen LogP contribution is 2.32. The predicted molar refractivity (Wildman–Crippen MR) is 78.0 cm³/mol. The first-order valence-electron chi connectivity index (χ1n) is 5.86. The Morgan fingerprint density at radius 1 is 1.11 bits per heavy atom. The molecule has 0 saturated carbocycles. The molecular formula is C15H16BrNO. The van der Waals surface area contributed by atoms with Gasteiger partial charge in [-0.25, -0.2) is 0 Å². The lowest BCUT2D eigenvalue weighted by Gasteiger charge is -2.12. The van der Waals surface area contributed by atoms with E-state index >= 15 is 0 Å². The van der Waals surface area contributed by atoms with Crippen LogP contribution in [-0.4, -0.2) is 0 Å². The number of benzene rings is 2. The van der Waals surface area contributed by atoms with Crippen LogP contribution in [0.4, 0.5) is 0 Å². The average molecular weight is 306 g/mol. The third-order valence-corrected chi connectivity index (χ3v) is 3.41. The van der Waals surface area contributed by atoms with E-state index in [4.69, 9.17) is 10.5 Å². The monoisotopic (exact) mass is 305 g/mol. The number of ether oxygens (including phenoxy) is 1. The summed E-state index contributed by atoms with van der Waals surface area (Å²) < 4.78 is 6.80. The minimum atomic E-state index is 0.0220. The molecule has 1 atom stereocenters. The molecule has 0 saturated heterocycles. The fourth-order valence-electron chi connectivity index (χ4n) is 1.67. The van der Waals surface area contributed by atoms with E-state index in [1.807, 2.05) is 56.3 Å². The van der Waals surface area contributed by atoms with E-state index in [2.05, 4.69) is 15.9 Å². The van der Waals surface area contributed by atoms with Crippen LogP contribution in [0.1, 0.15) is 24.1 Å². The van der Waals surface area contributed by atoms with E-state index in [9.17, 15) is 0 Å². The number of hydrogen-bond donors (Lipinski definition) is 1. The minimum absolute atomic E-state index is 0.0220. The molecule has 0 amide bonds. The SMILES string of the molecule is Cc1ccccc1Oc1ccc([C@@H](C)N)cc1Br. The van der Waals surface area contributed by atoms with Crippen molar-refractivity contribution in [2.24, 2.45) is 5.73 Å². The second-order valence-electron chi connectivity index (χ2n) is 4.35. The van der Waals surface area contributed by atoms with Crippen LogP contribution in [0.2, 0.25) is 0 Å². The van der Waals surface area contributed by atoms with Crippen molar-refractivity contribution in [2.75, 3.05) is 0 Å². The second-order valence-corrected chi connectivity index (χ2v) is 5.20. The molecule has 0 unspecified atom stereocenters. The van der Waals surface area contributed by atoms with Crippen LogP contribution in [0.5, 0.6) is 11.5 Å². The van der Waals surface area contributed by atoms with Gasteiger partial charge in [-0.15, -0.1) is 0 Å². The largest absolute Gasteiger partial charge is 0.456 e. The molecule has 2 aromatic carbocycles. The Labute approximate surface area is 116 Å². The van der Waals surface area contributed by atoms with Crippen molar-refractivity contribution in [1.29, 1.82) is 0 Å². The molecule has 0 heterocycles. The van der Waals surface area contributed by atoms with Gasteiger partial charge in [0.25, 0.3) is 0 Å². The number of hydrogen-bond acceptors (Lipinski definition) is 2. The quantitative estimate of drug-likeness (QED) is 0.901. The van der Waals surface area contributed by atoms with E-state index in [0.717, 1.165) is 27.1 Å². The molecular weight excluding hydrogens is 290 g/mol. The third kappa shape index (κ3) is 2.92. The highest BCUT2D eigenvalue weighted by atomic mass is 79.9. The topological polar surface area (TPSA) is 35.2 Å². The summed E-state index contributed by atoms with van der Waals surface area (Å²) in [6.07, 6.45) is 0. The summed E-state index contributed by atoms with van der Waals surface area (Å²) in [5, 5.41) is 0. The molecule has 0 aliphatic carbocycles. The Bertz CT molecular complexity index is 552. The van der Waals surface area contributed by atoms with Crippen molar-refractivity contribution in [3.63, 3.8) is 0 Å². The fraction of sp³-hybridized carbons (Fsp3) is 0.200. The first kappa shape index (κ1) is 13.1. The zero-order chi connectivity index (χ0) is 13.1. The molecule has 3 heteroatoms. The summed E-state index contributed by atoms with van der Waals surface area (Å²) in [5.41, 5.74) is 8.04. The van der Waals surface area contributed by atoms with E-state index in [0.29, 0.717) is 0 Å². The molecule has 0 aliphatic heterocycles. The Kier molecular flexibility index (Phi) is 4.04. The Morgan fingerprint density at radius 2 is 1.83 bits per heavy atom. The molecule has 0 radical (unpaired) electrons. The predicted octanol–water partition coefficient (Wildman–Crippen LogP) is 4.57. The second kappa shape index (κ2) is 5.55. The zero-order valence-corrected chi connectivity index (χ0v) is 12.1. The summed E-state index contributed by atoms with van der Waals surface area (Å²) in [5.74, 6) is 1.67. The van der Waals surface area contributed by atoms with Gasteiger partial charge in [0.2, 0.25) is 0 Å². The van der Waals surface area contributed by atoms with Gasteiger partial charge in [-0.1, -0.05) is 24.3 Å². The van der Waals surface area contributed by atoms with E-state index in [1.54, 1.807) is 0 Å². The summed E-state index contributed by atoms with van der Waals surface area (Å²) >= 11 is 3.52. The van der Waals surface area contributed by atoms with Gasteiger partial charge in [0.15, 0.2) is 0 Å². The maximum atomic E-state index is 5.89. The normalized spacial score (nSPS) is 12.2. The number of rotatable bonds is 3. The number of nitrogens with two attached hydrogens (primary N) is 1. The van der Waals surface area contributed by atoms with Crippen molar-refractivity contribution in [2.45, 2.75) is 19.9 Å². The molecule has 2 rings (SSSR count). The van der Waals surface area contributed by atoms with Gasteiger partial charge in [0.1, 0.15) is 11.5 Å². The van der Waals surface area contributed by atoms with Gasteiger partial charge >= 0.3 is 0 Å². The van der Waals surface area contributed by atoms with E-state index in [-0.39, 0.29) is 6.04 Å². The Balaban J connectivity index is 2.28. The molecule has 0 spiro atoms. The molecule has 2 nitrogen and oxygen atoms in total. The van der Waals surface area contributed by atoms with Gasteiger partial charge in [-0.05, 0) is 59.1 Å². The molecule has 18 heavy (non-hydrogen) atoms. The molecule has 0 bridgehead atoms. The summed E-state index contributed by atoms with van der Waals surface area (Å²) in [6.45, 7) is 3.99. The summed E-state index contributed by atoms with van der Waals surface area (Å²) in [7, 11) is 0. The van der Waals surface area contributed by atoms with Gasteiger partial charge in [0.05, 0.1) is 4.47 Å². The van der Waals surface area contributed by atoms with Crippen LogP contribution in [0, 0.1) is 6.92 Å². The maximum absolute atomic E-state index is 5.89. The van der Waals surface area contributed by atoms with Crippen molar-refractivity contribution >= 4 is 15.9 Å². The average Bonchev–Trinajstić information content (AvgIpc) is 2.34. The Morgan fingerprint density at radius 3 is 2.44 bits per heavy atom. The molecule has 2 N–H and O–H groups in total. The number of aryl methyl sites for hydroxylation is 1. The lowest BCUT2D eigenvalue weighted by atomic mass is 10.1. The third-order valence-electron chi connectivity index (χ3n) is 2.80. The van der Waals surface area contributed by atoms with Crippen molar-refractivity contribution in [1.82, 2.24) is 0 Å². The van der Waals surface area contributed by atoms with E-state index < -0.39 is 0 Å². The zero-order valence-electron chi connectivity index (χ0n) is 10.5. The highest BCUT2D eigenvalue weighted by molar-refractivity contribution is 9.10. The van der Waals surface area contributed by atoms with Gasteiger partial charge < -0.3 is 10.5 Å². The van der Waals surface area contributed by atoms with Crippen molar-refractivity contribution in [3.05, 3.63) is 58.1 Å². The van der Waals surface area contributed by atoms with Gasteiger partial charge in [0, 0.05) is 6.04 Å². The van der Waals surface area contributed by atoms with Crippen LogP contribution < -0.4 is 10.5 Å². The van der Waals surface area contributed by atoms with Gasteiger partial charge in [-0.2, -0.15) is 0 Å². The van der Waals surface area contributed by atoms with Crippen LogP contribution in [0.3, 0.4) is 0 Å². The smallest absolute Gasteiger partial charge is 0.141 e. The Hall–Kier alpha value is -1.32. The molecule has 0 aromatic heterocycles. The lowest BCUT2D eigenvalue weighted by molar-refractivity contribution is 0.475. The van der Waals surface area contributed by atoms with Crippen molar-refractivity contribution < 1.29 is 4.74 Å². The number of halogens is 1. The van der Waals surface area contributed by atoms with E-state index in [1.165, 1.54) is 0 Å². The first-order chi connectivity index (χ1) is 8.58. The lowest BCUT2D eigenvalue weighted by Crippen LogP contribution is -2.04. The van der Waals surface area contributed by atoms with Crippen LogP contribution in [0.25, 0.3) is 0 Å². The fourth-order valence-corrected chi connectivity index (χ4v) is 2.15.